The molecule has 4 N–H and O–H groups in total. The summed E-state index contributed by atoms with van der Waals surface area (Å²) in [7, 11) is 0. The van der Waals surface area contributed by atoms with Crippen LogP contribution in [-0.2, 0) is 11.3 Å². The molecule has 11 heteroatoms. The number of aliphatic hydroxyl groups is 4. The predicted octanol–water partition coefficient (Wildman–Crippen LogP) is 1.50. The molecule has 2 aliphatic rings. The van der Waals surface area contributed by atoms with Crippen molar-refractivity contribution in [1.29, 1.82) is 0 Å². The zero-order valence-corrected chi connectivity index (χ0v) is 17.4. The van der Waals surface area contributed by atoms with E-state index in [-0.39, 0.29) is 5.75 Å². The maximum absolute atomic E-state index is 12.3. The Morgan fingerprint density at radius 3 is 2.39 bits per heavy atom. The van der Waals surface area contributed by atoms with Crippen LogP contribution in [-0.4, -0.2) is 71.0 Å². The van der Waals surface area contributed by atoms with Gasteiger partial charge in [0.25, 0.3) is 0 Å². The third-order valence-corrected chi connectivity index (χ3v) is 5.69. The lowest BCUT2D eigenvalue weighted by Gasteiger charge is -2.40. The Labute approximate surface area is 187 Å². The van der Waals surface area contributed by atoms with Gasteiger partial charge in [-0.2, -0.15) is 0 Å². The van der Waals surface area contributed by atoms with Gasteiger partial charge >= 0.3 is 6.36 Å². The molecule has 4 rings (SSSR count). The maximum atomic E-state index is 12.3. The third kappa shape index (κ3) is 5.17. The summed E-state index contributed by atoms with van der Waals surface area (Å²) in [6.07, 6.45) is -11.1. The van der Waals surface area contributed by atoms with E-state index in [2.05, 4.69) is 4.74 Å². The summed E-state index contributed by atoms with van der Waals surface area (Å²) in [5.74, 6) is 0.213. The quantitative estimate of drug-likeness (QED) is 0.519. The van der Waals surface area contributed by atoms with Gasteiger partial charge in [-0.1, -0.05) is 18.2 Å². The van der Waals surface area contributed by atoms with E-state index in [0.717, 1.165) is 11.3 Å². The highest BCUT2D eigenvalue weighted by Gasteiger charge is 2.44. The van der Waals surface area contributed by atoms with E-state index in [1.165, 1.54) is 12.1 Å². The van der Waals surface area contributed by atoms with Gasteiger partial charge in [0, 0.05) is 6.54 Å². The number of rotatable bonds is 5. The van der Waals surface area contributed by atoms with Crippen LogP contribution in [0.3, 0.4) is 0 Å². The number of aliphatic hydroxyl groups excluding tert-OH is 4. The second-order valence-electron chi connectivity index (χ2n) is 7.94. The molecule has 1 fully saturated rings. The van der Waals surface area contributed by atoms with Crippen molar-refractivity contribution in [3.8, 4) is 11.5 Å². The largest absolute Gasteiger partial charge is 0.573 e. The Morgan fingerprint density at radius 2 is 1.73 bits per heavy atom. The van der Waals surface area contributed by atoms with E-state index in [0.29, 0.717) is 31.0 Å². The fourth-order valence-corrected chi connectivity index (χ4v) is 4.03. The van der Waals surface area contributed by atoms with Gasteiger partial charge in [0.05, 0.1) is 18.8 Å². The first kappa shape index (κ1) is 23.6. The Hall–Kier alpha value is -2.57. The number of hydrogen-bond acceptors (Lipinski definition) is 8. The van der Waals surface area contributed by atoms with Crippen LogP contribution in [0.2, 0.25) is 0 Å². The fraction of sp³-hybridized carbons (Fsp3) is 0.455. The second-order valence-corrected chi connectivity index (χ2v) is 7.94. The lowest BCUT2D eigenvalue weighted by Crippen LogP contribution is -2.55. The van der Waals surface area contributed by atoms with Crippen LogP contribution in [0.4, 0.5) is 18.9 Å². The van der Waals surface area contributed by atoms with Crippen molar-refractivity contribution in [2.45, 2.75) is 43.4 Å². The molecule has 180 valence electrons. The molecule has 0 amide bonds. The Kier molecular flexibility index (Phi) is 6.68. The van der Waals surface area contributed by atoms with Crippen LogP contribution < -0.4 is 14.4 Å². The van der Waals surface area contributed by atoms with Crippen molar-refractivity contribution in [3.05, 3.63) is 53.6 Å². The summed E-state index contributed by atoms with van der Waals surface area (Å²) >= 11 is 0. The number of alkyl halides is 3. The summed E-state index contributed by atoms with van der Waals surface area (Å²) < 4.78 is 52.3. The smallest absolute Gasteiger partial charge is 0.490 e. The van der Waals surface area contributed by atoms with Crippen LogP contribution in [0.25, 0.3) is 0 Å². The van der Waals surface area contributed by atoms with Crippen molar-refractivity contribution >= 4 is 5.69 Å². The third-order valence-electron chi connectivity index (χ3n) is 5.69. The van der Waals surface area contributed by atoms with Gasteiger partial charge < -0.3 is 39.5 Å². The minimum Gasteiger partial charge on any atom is -0.490 e. The molecule has 2 heterocycles. The van der Waals surface area contributed by atoms with Gasteiger partial charge in [0.2, 0.25) is 0 Å². The molecule has 0 spiro atoms. The minimum absolute atomic E-state index is 0.294. The van der Waals surface area contributed by atoms with E-state index in [1.807, 2.05) is 4.90 Å². The number of anilines is 1. The SMILES string of the molecule is OC[C@H]1O[C@@H](c2ccc3c(c2)OCCN3Cc2ccc(OC(F)(F)F)cc2)[C@H](O)[C@@H](O)[C@@H]1O. The van der Waals surface area contributed by atoms with Gasteiger partial charge in [-0.25, -0.2) is 0 Å². The second kappa shape index (κ2) is 9.35. The molecule has 0 bridgehead atoms. The summed E-state index contributed by atoms with van der Waals surface area (Å²) in [5.41, 5.74) is 2.02. The Morgan fingerprint density at radius 1 is 1.00 bits per heavy atom. The van der Waals surface area contributed by atoms with Gasteiger partial charge in [0.1, 0.15) is 48.6 Å². The summed E-state index contributed by atoms with van der Waals surface area (Å²) in [4.78, 5) is 2.00. The van der Waals surface area contributed by atoms with Crippen molar-refractivity contribution in [3.63, 3.8) is 0 Å². The van der Waals surface area contributed by atoms with Crippen LogP contribution in [0.15, 0.2) is 42.5 Å². The van der Waals surface area contributed by atoms with E-state index in [9.17, 15) is 33.6 Å². The Balaban J connectivity index is 1.50. The van der Waals surface area contributed by atoms with Crippen LogP contribution >= 0.6 is 0 Å². The first-order chi connectivity index (χ1) is 15.7. The maximum Gasteiger partial charge on any atom is 0.573 e. The standard InChI is InChI=1S/C22H24F3NO7/c23-22(24,25)33-14-4-1-12(2-5-14)10-26-7-8-31-16-9-13(3-6-15(16)26)21-20(30)19(29)18(28)17(11-27)32-21/h1-6,9,17-21,27-30H,7-8,10-11H2/t17-,18-,19+,20-,21+/m1/s1. The lowest BCUT2D eigenvalue weighted by atomic mass is 9.91. The topological polar surface area (TPSA) is 112 Å². The zero-order valence-electron chi connectivity index (χ0n) is 17.4. The number of fused-ring (bicyclic) bond motifs is 1. The summed E-state index contributed by atoms with van der Waals surface area (Å²) in [6, 6.07) is 10.7. The molecule has 2 aromatic rings. The average molecular weight is 471 g/mol. The zero-order chi connectivity index (χ0) is 23.8. The van der Waals surface area contributed by atoms with Gasteiger partial charge in [-0.15, -0.1) is 13.2 Å². The Bertz CT molecular complexity index is 954. The highest BCUT2D eigenvalue weighted by atomic mass is 19.4. The van der Waals surface area contributed by atoms with E-state index in [4.69, 9.17) is 9.47 Å². The molecule has 1 saturated heterocycles. The monoisotopic (exact) mass is 471 g/mol. The van der Waals surface area contributed by atoms with Crippen LogP contribution in [0, 0.1) is 0 Å². The van der Waals surface area contributed by atoms with Crippen LogP contribution in [0.1, 0.15) is 17.2 Å². The first-order valence-corrected chi connectivity index (χ1v) is 10.3. The van der Waals surface area contributed by atoms with Crippen molar-refractivity contribution in [1.82, 2.24) is 0 Å². The highest BCUT2D eigenvalue weighted by molar-refractivity contribution is 5.61. The number of nitrogens with zero attached hydrogens (tertiary/aromatic N) is 1. The molecule has 0 aliphatic carbocycles. The number of hydrogen-bond donors (Lipinski definition) is 4. The van der Waals surface area contributed by atoms with Crippen molar-refractivity contribution in [2.24, 2.45) is 0 Å². The molecule has 2 aliphatic heterocycles. The normalized spacial score (nSPS) is 27.6. The van der Waals surface area contributed by atoms with Gasteiger partial charge in [-0.05, 0) is 35.4 Å². The number of halogens is 3. The molecule has 0 unspecified atom stereocenters. The van der Waals surface area contributed by atoms with E-state index < -0.39 is 43.5 Å². The summed E-state index contributed by atoms with van der Waals surface area (Å²) in [6.45, 7) is 0.805. The predicted molar refractivity (Wildman–Crippen MR) is 109 cm³/mol. The molecular formula is C22H24F3NO7. The van der Waals surface area contributed by atoms with Crippen molar-refractivity contribution in [2.75, 3.05) is 24.7 Å². The average Bonchev–Trinajstić information content (AvgIpc) is 2.78. The molecule has 0 aromatic heterocycles. The van der Waals surface area contributed by atoms with Crippen LogP contribution in [0.5, 0.6) is 11.5 Å². The highest BCUT2D eigenvalue weighted by Crippen LogP contribution is 2.39. The fourth-order valence-electron chi connectivity index (χ4n) is 4.03. The molecule has 2 aromatic carbocycles. The number of benzene rings is 2. The molecule has 0 saturated carbocycles. The molecule has 0 radical (unpaired) electrons. The van der Waals surface area contributed by atoms with Gasteiger partial charge in [0.15, 0.2) is 0 Å². The number of ether oxygens (including phenoxy) is 3. The summed E-state index contributed by atoms with van der Waals surface area (Å²) in [5, 5.41) is 39.8. The molecule has 8 nitrogen and oxygen atoms in total. The van der Waals surface area contributed by atoms with Gasteiger partial charge in [-0.3, -0.25) is 0 Å². The molecule has 33 heavy (non-hydrogen) atoms. The first-order valence-electron chi connectivity index (χ1n) is 10.3. The van der Waals surface area contributed by atoms with E-state index in [1.54, 1.807) is 30.3 Å². The molecule has 5 atom stereocenters. The molecular weight excluding hydrogens is 447 g/mol. The van der Waals surface area contributed by atoms with Crippen molar-refractivity contribution < 1.29 is 47.8 Å². The minimum atomic E-state index is -4.75. The van der Waals surface area contributed by atoms with E-state index >= 15 is 0 Å². The lowest BCUT2D eigenvalue weighted by molar-refractivity contribution is -0.274.